The molecule has 0 unspecified atom stereocenters. The van der Waals surface area contributed by atoms with Gasteiger partial charge in [-0.25, -0.2) is 17.4 Å². The Labute approximate surface area is 227 Å². The molecule has 4 aromatic rings. The van der Waals surface area contributed by atoms with Crippen molar-refractivity contribution in [3.63, 3.8) is 0 Å². The molecule has 39 heavy (non-hydrogen) atoms. The number of benzene rings is 2. The molecule has 6 rings (SSSR count). The Morgan fingerprint density at radius 3 is 2.56 bits per heavy atom. The van der Waals surface area contributed by atoms with Crippen LogP contribution in [0.1, 0.15) is 30.5 Å². The molecule has 1 saturated heterocycles. The van der Waals surface area contributed by atoms with Crippen LogP contribution in [-0.2, 0) is 19.5 Å². The lowest BCUT2D eigenvalue weighted by Gasteiger charge is -2.23. The number of hydrogen-bond acceptors (Lipinski definition) is 7. The van der Waals surface area contributed by atoms with Crippen molar-refractivity contribution < 1.29 is 22.6 Å². The zero-order valence-corrected chi connectivity index (χ0v) is 22.1. The maximum absolute atomic E-state index is 14.0. The van der Waals surface area contributed by atoms with Gasteiger partial charge in [0.2, 0.25) is 0 Å². The lowest BCUT2D eigenvalue weighted by atomic mass is 10.0. The third kappa shape index (κ3) is 4.83. The Hall–Kier alpha value is -3.97. The van der Waals surface area contributed by atoms with E-state index in [2.05, 4.69) is 11.1 Å². The van der Waals surface area contributed by atoms with Gasteiger partial charge >= 0.3 is 0 Å². The number of nitriles is 1. The predicted molar refractivity (Wildman–Crippen MR) is 147 cm³/mol. The topological polar surface area (TPSA) is 103 Å². The van der Waals surface area contributed by atoms with E-state index < -0.39 is 10.0 Å². The molecule has 0 aliphatic carbocycles. The summed E-state index contributed by atoms with van der Waals surface area (Å²) in [5.74, 6) is 0.538. The van der Waals surface area contributed by atoms with Gasteiger partial charge in [0.25, 0.3) is 10.0 Å². The summed E-state index contributed by atoms with van der Waals surface area (Å²) in [5, 5.41) is 10.6. The highest BCUT2D eigenvalue weighted by molar-refractivity contribution is 7.90. The summed E-state index contributed by atoms with van der Waals surface area (Å²) in [7, 11) is -3.95. The molecule has 2 aliphatic heterocycles. The van der Waals surface area contributed by atoms with E-state index in [1.165, 1.54) is 3.97 Å². The lowest BCUT2D eigenvalue weighted by Crippen LogP contribution is -2.26. The molecular formula is C30H27N3O5S. The third-order valence-electron chi connectivity index (χ3n) is 7.11. The van der Waals surface area contributed by atoms with Crippen molar-refractivity contribution in [2.75, 3.05) is 26.4 Å². The highest BCUT2D eigenvalue weighted by atomic mass is 32.2. The first kappa shape index (κ1) is 25.3. The number of pyridine rings is 1. The minimum absolute atomic E-state index is 0.0110. The zero-order valence-electron chi connectivity index (χ0n) is 21.2. The normalized spacial score (nSPS) is 16.5. The Balaban J connectivity index is 1.50. The Kier molecular flexibility index (Phi) is 6.92. The van der Waals surface area contributed by atoms with Gasteiger partial charge in [0.15, 0.2) is 5.65 Å². The van der Waals surface area contributed by atoms with Crippen LogP contribution in [0.2, 0.25) is 0 Å². The average molecular weight is 542 g/mol. The van der Waals surface area contributed by atoms with Crippen LogP contribution < -0.4 is 4.74 Å². The maximum Gasteiger partial charge on any atom is 0.269 e. The van der Waals surface area contributed by atoms with Gasteiger partial charge in [0, 0.05) is 24.4 Å². The third-order valence-corrected chi connectivity index (χ3v) is 8.83. The van der Waals surface area contributed by atoms with Crippen LogP contribution in [0.15, 0.2) is 77.8 Å². The van der Waals surface area contributed by atoms with Crippen molar-refractivity contribution >= 4 is 26.6 Å². The number of fused-ring (bicyclic) bond motifs is 1. The van der Waals surface area contributed by atoms with Crippen LogP contribution in [0.3, 0.4) is 0 Å². The lowest BCUT2D eigenvalue weighted by molar-refractivity contribution is 0.0254. The molecule has 0 radical (unpaired) electrons. The predicted octanol–water partition coefficient (Wildman–Crippen LogP) is 5.17. The first-order valence-electron chi connectivity index (χ1n) is 12.9. The van der Waals surface area contributed by atoms with Crippen LogP contribution in [0.4, 0.5) is 0 Å². The van der Waals surface area contributed by atoms with Gasteiger partial charge in [0.1, 0.15) is 17.9 Å². The molecule has 0 saturated carbocycles. The van der Waals surface area contributed by atoms with Crippen LogP contribution in [0.5, 0.6) is 5.75 Å². The summed E-state index contributed by atoms with van der Waals surface area (Å²) < 4.78 is 46.3. The second-order valence-corrected chi connectivity index (χ2v) is 11.3. The fourth-order valence-electron chi connectivity index (χ4n) is 5.11. The molecular weight excluding hydrogens is 514 g/mol. The van der Waals surface area contributed by atoms with Gasteiger partial charge in [-0.05, 0) is 59.5 Å². The van der Waals surface area contributed by atoms with Crippen LogP contribution in [-0.4, -0.2) is 49.9 Å². The standard InChI is InChI=1S/C30H27N3O5S/c31-20-23-18-22(6-7-29(23)38-24-11-16-37-17-12-24)26-8-13-32-30-27(26)19-28(21-9-14-36-15-10-21)33(30)39(34,35)25-4-2-1-3-5-25/h1-9,13,18-19,24H,10-12,14-17H2. The summed E-state index contributed by atoms with van der Waals surface area (Å²) in [6.07, 6.45) is 5.69. The van der Waals surface area contributed by atoms with Crippen LogP contribution in [0.25, 0.3) is 27.7 Å². The molecule has 0 N–H and O–H groups in total. The highest BCUT2D eigenvalue weighted by Crippen LogP contribution is 2.37. The van der Waals surface area contributed by atoms with E-state index in [1.54, 1.807) is 42.6 Å². The highest BCUT2D eigenvalue weighted by Gasteiger charge is 2.27. The smallest absolute Gasteiger partial charge is 0.269 e. The maximum atomic E-state index is 14.0. The van der Waals surface area contributed by atoms with Gasteiger partial charge in [0.05, 0.1) is 42.6 Å². The van der Waals surface area contributed by atoms with E-state index in [1.807, 2.05) is 30.3 Å². The van der Waals surface area contributed by atoms with Crippen molar-refractivity contribution in [1.29, 1.82) is 5.26 Å². The molecule has 0 bridgehead atoms. The monoisotopic (exact) mass is 541 g/mol. The first-order chi connectivity index (χ1) is 19.1. The quantitative estimate of drug-likeness (QED) is 0.332. The second-order valence-electron chi connectivity index (χ2n) is 9.51. The summed E-state index contributed by atoms with van der Waals surface area (Å²) in [5.41, 5.74) is 3.78. The Morgan fingerprint density at radius 2 is 1.82 bits per heavy atom. The van der Waals surface area contributed by atoms with E-state index in [0.29, 0.717) is 60.9 Å². The summed E-state index contributed by atoms with van der Waals surface area (Å²) in [4.78, 5) is 4.72. The summed E-state index contributed by atoms with van der Waals surface area (Å²) >= 11 is 0. The van der Waals surface area contributed by atoms with Crippen LogP contribution in [0, 0.1) is 11.3 Å². The minimum atomic E-state index is -3.95. The molecule has 9 heteroatoms. The van der Waals surface area contributed by atoms with E-state index in [4.69, 9.17) is 14.2 Å². The van der Waals surface area contributed by atoms with Gasteiger partial charge in [-0.2, -0.15) is 5.26 Å². The van der Waals surface area contributed by atoms with Crippen molar-refractivity contribution in [2.45, 2.75) is 30.3 Å². The molecule has 0 spiro atoms. The van der Waals surface area contributed by atoms with E-state index in [0.717, 1.165) is 29.5 Å². The van der Waals surface area contributed by atoms with Gasteiger partial charge < -0.3 is 14.2 Å². The van der Waals surface area contributed by atoms with Crippen molar-refractivity contribution in [3.05, 3.63) is 84.2 Å². The van der Waals surface area contributed by atoms with Gasteiger partial charge in [-0.1, -0.05) is 30.3 Å². The number of aromatic nitrogens is 2. The Bertz CT molecular complexity index is 1700. The summed E-state index contributed by atoms with van der Waals surface area (Å²) in [6.45, 7) is 2.22. The van der Waals surface area contributed by atoms with Crippen molar-refractivity contribution in [3.8, 4) is 22.9 Å². The largest absolute Gasteiger partial charge is 0.489 e. The molecule has 2 aliphatic rings. The summed E-state index contributed by atoms with van der Waals surface area (Å²) in [6, 6.07) is 19.9. The minimum Gasteiger partial charge on any atom is -0.489 e. The number of nitrogens with zero attached hydrogens (tertiary/aromatic N) is 3. The van der Waals surface area contributed by atoms with E-state index >= 15 is 0 Å². The molecule has 0 atom stereocenters. The van der Waals surface area contributed by atoms with E-state index in [-0.39, 0.29) is 11.0 Å². The molecule has 4 heterocycles. The first-order valence-corrected chi connectivity index (χ1v) is 14.4. The molecule has 198 valence electrons. The van der Waals surface area contributed by atoms with Crippen molar-refractivity contribution in [1.82, 2.24) is 8.96 Å². The Morgan fingerprint density at radius 1 is 1.00 bits per heavy atom. The van der Waals surface area contributed by atoms with Crippen molar-refractivity contribution in [2.24, 2.45) is 0 Å². The molecule has 1 fully saturated rings. The van der Waals surface area contributed by atoms with Gasteiger partial charge in [-0.3, -0.25) is 0 Å². The average Bonchev–Trinajstić information content (AvgIpc) is 3.40. The SMILES string of the molecule is N#Cc1cc(-c2ccnc3c2cc(C2=CCOCC2)n3S(=O)(=O)c2ccccc2)ccc1OC1CCOCC1. The number of hydrogen-bond donors (Lipinski definition) is 0. The van der Waals surface area contributed by atoms with Gasteiger partial charge in [-0.15, -0.1) is 0 Å². The molecule has 0 amide bonds. The molecule has 8 nitrogen and oxygen atoms in total. The molecule has 2 aromatic heterocycles. The number of ether oxygens (including phenoxy) is 3. The molecule has 2 aromatic carbocycles. The second kappa shape index (κ2) is 10.7. The number of rotatable bonds is 6. The fraction of sp³-hybridized carbons (Fsp3) is 0.267. The van der Waals surface area contributed by atoms with E-state index in [9.17, 15) is 13.7 Å². The fourth-order valence-corrected chi connectivity index (χ4v) is 6.63. The van der Waals surface area contributed by atoms with Crippen LogP contribution >= 0.6 is 0 Å². The zero-order chi connectivity index (χ0) is 26.8.